The first kappa shape index (κ1) is 6.84. The third kappa shape index (κ3) is 0.953. The Morgan fingerprint density at radius 3 is 2.73 bits per heavy atom. The smallest absolute Gasteiger partial charge is 0.0305 e. The fraction of sp³-hybridized carbons (Fsp3) is 0.500. The molecule has 1 aromatic heterocycles. The minimum Gasteiger partial charge on any atom is -0.264 e. The van der Waals surface area contributed by atoms with Crippen molar-refractivity contribution in [3.63, 3.8) is 0 Å². The van der Waals surface area contributed by atoms with Crippen LogP contribution in [-0.2, 0) is 0 Å². The second-order valence-electron chi connectivity index (χ2n) is 3.54. The highest BCUT2D eigenvalue weighted by molar-refractivity contribution is 5.34. The second-order valence-corrected chi connectivity index (χ2v) is 3.54. The standard InChI is InChI=1S/C10H13N/c1-7-5-8(2)10-6-11-4-3-9(7)10/h3-4,6-8H,5H2,1-2H3. The van der Waals surface area contributed by atoms with Crippen molar-refractivity contribution in [2.45, 2.75) is 32.1 Å². The number of hydrogen-bond donors (Lipinski definition) is 0. The summed E-state index contributed by atoms with van der Waals surface area (Å²) in [5, 5.41) is 0. The van der Waals surface area contributed by atoms with Crippen molar-refractivity contribution in [2.24, 2.45) is 0 Å². The summed E-state index contributed by atoms with van der Waals surface area (Å²) in [6, 6.07) is 2.16. The van der Waals surface area contributed by atoms with Gasteiger partial charge in [0.05, 0.1) is 0 Å². The maximum Gasteiger partial charge on any atom is 0.0305 e. The summed E-state index contributed by atoms with van der Waals surface area (Å²) in [6.45, 7) is 4.58. The number of nitrogens with zero attached hydrogens (tertiary/aromatic N) is 1. The zero-order valence-electron chi connectivity index (χ0n) is 7.04. The van der Waals surface area contributed by atoms with Gasteiger partial charge in [0.15, 0.2) is 0 Å². The molecule has 0 saturated carbocycles. The van der Waals surface area contributed by atoms with E-state index in [4.69, 9.17) is 0 Å². The largest absolute Gasteiger partial charge is 0.264 e. The monoisotopic (exact) mass is 147 g/mol. The summed E-state index contributed by atoms with van der Waals surface area (Å²) < 4.78 is 0. The van der Waals surface area contributed by atoms with Crippen LogP contribution in [0.3, 0.4) is 0 Å². The van der Waals surface area contributed by atoms with Gasteiger partial charge in [-0.1, -0.05) is 13.8 Å². The molecule has 1 heterocycles. The third-order valence-corrected chi connectivity index (χ3v) is 2.66. The van der Waals surface area contributed by atoms with E-state index in [1.807, 2.05) is 12.4 Å². The van der Waals surface area contributed by atoms with Gasteiger partial charge in [0, 0.05) is 12.4 Å². The summed E-state index contributed by atoms with van der Waals surface area (Å²) in [5.41, 5.74) is 2.97. The molecule has 1 heteroatoms. The number of pyridine rings is 1. The molecule has 1 aliphatic rings. The van der Waals surface area contributed by atoms with Crippen molar-refractivity contribution in [3.05, 3.63) is 29.6 Å². The third-order valence-electron chi connectivity index (χ3n) is 2.66. The van der Waals surface area contributed by atoms with Gasteiger partial charge in [-0.05, 0) is 35.4 Å². The molecule has 0 saturated heterocycles. The maximum absolute atomic E-state index is 4.14. The van der Waals surface area contributed by atoms with Crippen LogP contribution in [-0.4, -0.2) is 4.98 Å². The lowest BCUT2D eigenvalue weighted by atomic mass is 10.1. The Morgan fingerprint density at radius 1 is 1.27 bits per heavy atom. The predicted molar refractivity (Wildman–Crippen MR) is 45.7 cm³/mol. The summed E-state index contributed by atoms with van der Waals surface area (Å²) in [7, 11) is 0. The Hall–Kier alpha value is -0.850. The first-order valence-electron chi connectivity index (χ1n) is 4.23. The zero-order chi connectivity index (χ0) is 7.84. The summed E-state index contributed by atoms with van der Waals surface area (Å²) >= 11 is 0. The number of hydrogen-bond acceptors (Lipinski definition) is 1. The van der Waals surface area contributed by atoms with Gasteiger partial charge in [-0.25, -0.2) is 0 Å². The molecule has 0 aliphatic heterocycles. The average Bonchev–Trinajstić information content (AvgIpc) is 2.30. The molecule has 0 bridgehead atoms. The van der Waals surface area contributed by atoms with E-state index in [-0.39, 0.29) is 0 Å². The topological polar surface area (TPSA) is 12.9 Å². The van der Waals surface area contributed by atoms with Crippen LogP contribution in [0, 0.1) is 0 Å². The number of aromatic nitrogens is 1. The van der Waals surface area contributed by atoms with E-state index in [2.05, 4.69) is 24.9 Å². The van der Waals surface area contributed by atoms with Gasteiger partial charge < -0.3 is 0 Å². The van der Waals surface area contributed by atoms with Crippen molar-refractivity contribution < 1.29 is 0 Å². The molecule has 0 aromatic carbocycles. The second kappa shape index (κ2) is 2.33. The molecule has 0 fully saturated rings. The minimum absolute atomic E-state index is 0.716. The van der Waals surface area contributed by atoms with Crippen molar-refractivity contribution >= 4 is 0 Å². The average molecular weight is 147 g/mol. The van der Waals surface area contributed by atoms with Gasteiger partial charge in [0.1, 0.15) is 0 Å². The summed E-state index contributed by atoms with van der Waals surface area (Å²) in [4.78, 5) is 4.14. The fourth-order valence-corrected chi connectivity index (χ4v) is 2.06. The van der Waals surface area contributed by atoms with E-state index in [1.165, 1.54) is 17.5 Å². The van der Waals surface area contributed by atoms with Crippen LogP contribution in [0.5, 0.6) is 0 Å². The highest BCUT2D eigenvalue weighted by Gasteiger charge is 2.24. The molecular formula is C10H13N. The lowest BCUT2D eigenvalue weighted by Crippen LogP contribution is -1.86. The Labute approximate surface area is 67.5 Å². The van der Waals surface area contributed by atoms with E-state index in [0.717, 1.165) is 5.92 Å². The summed E-state index contributed by atoms with van der Waals surface area (Å²) in [6.07, 6.45) is 5.21. The van der Waals surface area contributed by atoms with Crippen LogP contribution in [0.4, 0.5) is 0 Å². The van der Waals surface area contributed by atoms with E-state index < -0.39 is 0 Å². The van der Waals surface area contributed by atoms with E-state index in [0.29, 0.717) is 5.92 Å². The van der Waals surface area contributed by atoms with Crippen molar-refractivity contribution in [3.8, 4) is 0 Å². The molecule has 11 heavy (non-hydrogen) atoms. The molecule has 0 N–H and O–H groups in total. The van der Waals surface area contributed by atoms with Gasteiger partial charge >= 0.3 is 0 Å². The Kier molecular flexibility index (Phi) is 1.45. The molecule has 0 radical (unpaired) electrons. The SMILES string of the molecule is CC1CC(C)c2cnccc21. The quantitative estimate of drug-likeness (QED) is 0.549. The van der Waals surface area contributed by atoms with E-state index >= 15 is 0 Å². The number of fused-ring (bicyclic) bond motifs is 1. The lowest BCUT2D eigenvalue weighted by molar-refractivity contribution is 0.661. The minimum atomic E-state index is 0.716. The summed E-state index contributed by atoms with van der Waals surface area (Å²) in [5.74, 6) is 1.46. The highest BCUT2D eigenvalue weighted by atomic mass is 14.6. The van der Waals surface area contributed by atoms with Crippen molar-refractivity contribution in [1.29, 1.82) is 0 Å². The molecular weight excluding hydrogens is 134 g/mol. The van der Waals surface area contributed by atoms with Crippen LogP contribution in [0.2, 0.25) is 0 Å². The van der Waals surface area contributed by atoms with Crippen LogP contribution in [0.15, 0.2) is 18.5 Å². The normalized spacial score (nSPS) is 28.5. The van der Waals surface area contributed by atoms with Crippen LogP contribution >= 0.6 is 0 Å². The molecule has 0 spiro atoms. The predicted octanol–water partition coefficient (Wildman–Crippen LogP) is 2.69. The fourth-order valence-electron chi connectivity index (χ4n) is 2.06. The molecule has 1 aliphatic carbocycles. The van der Waals surface area contributed by atoms with Gasteiger partial charge in [-0.15, -0.1) is 0 Å². The molecule has 1 nitrogen and oxygen atoms in total. The molecule has 58 valence electrons. The molecule has 1 aromatic rings. The van der Waals surface area contributed by atoms with E-state index in [9.17, 15) is 0 Å². The Bertz CT molecular complexity index is 240. The van der Waals surface area contributed by atoms with Crippen molar-refractivity contribution in [2.75, 3.05) is 0 Å². The molecule has 2 rings (SSSR count). The maximum atomic E-state index is 4.14. The first-order valence-corrected chi connectivity index (χ1v) is 4.23. The van der Waals surface area contributed by atoms with E-state index in [1.54, 1.807) is 0 Å². The Morgan fingerprint density at radius 2 is 2.00 bits per heavy atom. The Balaban J connectivity index is 2.52. The molecule has 2 atom stereocenters. The van der Waals surface area contributed by atoms with Gasteiger partial charge in [0.25, 0.3) is 0 Å². The van der Waals surface area contributed by atoms with Crippen LogP contribution in [0.25, 0.3) is 0 Å². The molecule has 0 amide bonds. The first-order chi connectivity index (χ1) is 5.29. The van der Waals surface area contributed by atoms with Crippen LogP contribution < -0.4 is 0 Å². The van der Waals surface area contributed by atoms with Gasteiger partial charge in [-0.3, -0.25) is 4.98 Å². The lowest BCUT2D eigenvalue weighted by Gasteiger charge is -2.01. The molecule has 2 unspecified atom stereocenters. The number of rotatable bonds is 0. The van der Waals surface area contributed by atoms with Crippen LogP contribution in [0.1, 0.15) is 43.2 Å². The highest BCUT2D eigenvalue weighted by Crippen LogP contribution is 2.39. The zero-order valence-corrected chi connectivity index (χ0v) is 7.04. The van der Waals surface area contributed by atoms with Gasteiger partial charge in [0.2, 0.25) is 0 Å². The van der Waals surface area contributed by atoms with Crippen molar-refractivity contribution in [1.82, 2.24) is 4.98 Å². The van der Waals surface area contributed by atoms with Gasteiger partial charge in [-0.2, -0.15) is 0 Å².